The van der Waals surface area contributed by atoms with Crippen LogP contribution in [0.25, 0.3) is 0 Å². The zero-order chi connectivity index (χ0) is 16.8. The minimum absolute atomic E-state index is 0. The van der Waals surface area contributed by atoms with Crippen molar-refractivity contribution >= 4 is 40.8 Å². The molecule has 6 nitrogen and oxygen atoms in total. The molecule has 1 unspecified atom stereocenters. The maximum Gasteiger partial charge on any atom is 0.337 e. The average Bonchev–Trinajstić information content (AvgIpc) is 3.00. The number of carbonyl (C=O) groups excluding carboxylic acids is 2. The quantitative estimate of drug-likeness (QED) is 0.763. The zero-order valence-electron chi connectivity index (χ0n) is 13.4. The Labute approximate surface area is 150 Å². The van der Waals surface area contributed by atoms with Gasteiger partial charge in [-0.1, -0.05) is 19.1 Å². The third-order valence-electron chi connectivity index (χ3n) is 3.31. The monoisotopic (exact) mass is 369 g/mol. The first-order valence-corrected chi connectivity index (χ1v) is 7.98. The number of rotatable bonds is 6. The molecule has 0 aliphatic carbocycles. The van der Waals surface area contributed by atoms with Gasteiger partial charge in [0.25, 0.3) is 0 Å². The summed E-state index contributed by atoms with van der Waals surface area (Å²) in [6.07, 6.45) is 2.35. The molecular formula is C16H20ClN3O3S. The Balaban J connectivity index is 0.00000288. The summed E-state index contributed by atoms with van der Waals surface area (Å²) < 4.78 is 4.72. The molecule has 0 spiro atoms. The highest BCUT2D eigenvalue weighted by atomic mass is 35.5. The molecule has 130 valence electrons. The van der Waals surface area contributed by atoms with Crippen LogP contribution < -0.4 is 11.1 Å². The van der Waals surface area contributed by atoms with Crippen LogP contribution in [0.4, 0.5) is 5.13 Å². The molecule has 0 bridgehead atoms. The van der Waals surface area contributed by atoms with Gasteiger partial charge in [-0.25, -0.2) is 9.78 Å². The first-order valence-electron chi connectivity index (χ1n) is 7.16. The lowest BCUT2D eigenvalue weighted by molar-refractivity contribution is -0.119. The normalized spacial score (nSPS) is 11.3. The van der Waals surface area contributed by atoms with Crippen molar-refractivity contribution in [3.8, 4) is 0 Å². The van der Waals surface area contributed by atoms with Crippen LogP contribution in [0.1, 0.15) is 27.7 Å². The van der Waals surface area contributed by atoms with Crippen LogP contribution in [0.3, 0.4) is 0 Å². The summed E-state index contributed by atoms with van der Waals surface area (Å²) in [5.41, 5.74) is 6.96. The Hall–Kier alpha value is -1.96. The molecule has 0 radical (unpaired) electrons. The molecule has 0 aliphatic heterocycles. The molecule has 1 amide bonds. The number of halogens is 1. The van der Waals surface area contributed by atoms with E-state index in [0.717, 1.165) is 10.4 Å². The Morgan fingerprint density at radius 2 is 2.17 bits per heavy atom. The summed E-state index contributed by atoms with van der Waals surface area (Å²) in [7, 11) is 1.36. The van der Waals surface area contributed by atoms with Gasteiger partial charge in [0.1, 0.15) is 0 Å². The van der Waals surface area contributed by atoms with E-state index in [2.05, 4.69) is 10.3 Å². The summed E-state index contributed by atoms with van der Waals surface area (Å²) in [6, 6.07) is 7.25. The predicted molar refractivity (Wildman–Crippen MR) is 96.8 cm³/mol. The number of thiazole rings is 1. The molecule has 0 saturated carbocycles. The van der Waals surface area contributed by atoms with E-state index in [9.17, 15) is 9.59 Å². The topological polar surface area (TPSA) is 94.3 Å². The molecule has 2 aromatic rings. The third kappa shape index (κ3) is 5.30. The summed E-state index contributed by atoms with van der Waals surface area (Å²) in [5.74, 6) is -0.750. The van der Waals surface area contributed by atoms with Crippen LogP contribution in [0.5, 0.6) is 0 Å². The summed E-state index contributed by atoms with van der Waals surface area (Å²) in [6.45, 7) is 2.06. The maximum atomic E-state index is 11.8. The van der Waals surface area contributed by atoms with E-state index in [1.54, 1.807) is 25.3 Å². The minimum Gasteiger partial charge on any atom is -0.465 e. The van der Waals surface area contributed by atoms with Gasteiger partial charge in [0.05, 0.1) is 12.7 Å². The van der Waals surface area contributed by atoms with Crippen molar-refractivity contribution in [2.24, 2.45) is 11.7 Å². The van der Waals surface area contributed by atoms with Crippen LogP contribution in [-0.2, 0) is 16.0 Å². The minimum atomic E-state index is -0.361. The number of methoxy groups -OCH3 is 1. The van der Waals surface area contributed by atoms with Gasteiger partial charge in [-0.05, 0) is 17.7 Å². The molecule has 1 heterocycles. The van der Waals surface area contributed by atoms with Crippen molar-refractivity contribution in [1.29, 1.82) is 0 Å². The lowest BCUT2D eigenvalue weighted by Crippen LogP contribution is -2.26. The van der Waals surface area contributed by atoms with Crippen molar-refractivity contribution < 1.29 is 14.3 Å². The Bertz CT molecular complexity index is 705. The van der Waals surface area contributed by atoms with Gasteiger partial charge in [-0.3, -0.25) is 4.79 Å². The van der Waals surface area contributed by atoms with Gasteiger partial charge in [0, 0.05) is 30.0 Å². The van der Waals surface area contributed by atoms with E-state index in [1.807, 2.05) is 12.1 Å². The second-order valence-corrected chi connectivity index (χ2v) is 6.24. The number of nitrogens with two attached hydrogens (primary N) is 1. The van der Waals surface area contributed by atoms with Crippen molar-refractivity contribution in [3.63, 3.8) is 0 Å². The van der Waals surface area contributed by atoms with Crippen LogP contribution in [0.2, 0.25) is 0 Å². The lowest BCUT2D eigenvalue weighted by atomic mass is 10.1. The van der Waals surface area contributed by atoms with E-state index in [1.165, 1.54) is 18.4 Å². The third-order valence-corrected chi connectivity index (χ3v) is 4.22. The fourth-order valence-corrected chi connectivity index (χ4v) is 2.76. The molecule has 0 saturated heterocycles. The second kappa shape index (κ2) is 9.36. The molecule has 2 rings (SSSR count). The van der Waals surface area contributed by atoms with Crippen molar-refractivity contribution in [1.82, 2.24) is 4.98 Å². The molecule has 1 aromatic carbocycles. The summed E-state index contributed by atoms with van der Waals surface area (Å²) in [4.78, 5) is 28.5. The molecule has 8 heteroatoms. The van der Waals surface area contributed by atoms with E-state index in [-0.39, 0.29) is 30.2 Å². The Kier molecular flexibility index (Phi) is 7.84. The summed E-state index contributed by atoms with van der Waals surface area (Å²) >= 11 is 1.40. The van der Waals surface area contributed by atoms with Gasteiger partial charge in [-0.2, -0.15) is 0 Å². The van der Waals surface area contributed by atoms with Gasteiger partial charge in [0.2, 0.25) is 5.91 Å². The Morgan fingerprint density at radius 3 is 2.83 bits per heavy atom. The smallest absolute Gasteiger partial charge is 0.337 e. The van der Waals surface area contributed by atoms with Crippen molar-refractivity contribution in [2.45, 2.75) is 13.3 Å². The average molecular weight is 370 g/mol. The van der Waals surface area contributed by atoms with E-state index < -0.39 is 0 Å². The molecule has 1 aromatic heterocycles. The van der Waals surface area contributed by atoms with E-state index in [4.69, 9.17) is 10.5 Å². The highest BCUT2D eigenvalue weighted by molar-refractivity contribution is 7.15. The van der Waals surface area contributed by atoms with Gasteiger partial charge >= 0.3 is 5.97 Å². The molecule has 0 fully saturated rings. The number of hydrogen-bond acceptors (Lipinski definition) is 6. The zero-order valence-corrected chi connectivity index (χ0v) is 15.1. The number of nitrogens with one attached hydrogen (secondary N) is 1. The molecule has 3 N–H and O–H groups in total. The highest BCUT2D eigenvalue weighted by Gasteiger charge is 2.13. The number of aromatic nitrogens is 1. The first kappa shape index (κ1) is 20.1. The fourth-order valence-electron chi connectivity index (χ4n) is 1.91. The lowest BCUT2D eigenvalue weighted by Gasteiger charge is -2.06. The fraction of sp³-hybridized carbons (Fsp3) is 0.312. The number of esters is 1. The number of anilines is 1. The van der Waals surface area contributed by atoms with Crippen LogP contribution >= 0.6 is 23.7 Å². The van der Waals surface area contributed by atoms with Crippen LogP contribution in [-0.4, -0.2) is 30.5 Å². The van der Waals surface area contributed by atoms with Crippen LogP contribution in [0, 0.1) is 5.92 Å². The number of amides is 1. The van der Waals surface area contributed by atoms with E-state index >= 15 is 0 Å². The Morgan fingerprint density at radius 1 is 1.42 bits per heavy atom. The SMILES string of the molecule is COC(=O)c1cccc(Cc2cnc(NC(=O)C(C)CN)s2)c1.Cl. The maximum absolute atomic E-state index is 11.8. The highest BCUT2D eigenvalue weighted by Crippen LogP contribution is 2.22. The largest absolute Gasteiger partial charge is 0.465 e. The standard InChI is InChI=1S/C16H19N3O3S.ClH/c1-10(8-17)14(20)19-16-18-9-13(23-16)7-11-4-3-5-12(6-11)15(21)22-2;/h3-6,9-10H,7-8,17H2,1-2H3,(H,18,19,20);1H. The molecule has 24 heavy (non-hydrogen) atoms. The number of benzene rings is 1. The number of hydrogen-bond donors (Lipinski definition) is 2. The second-order valence-electron chi connectivity index (χ2n) is 5.13. The van der Waals surface area contributed by atoms with Crippen molar-refractivity contribution in [3.05, 3.63) is 46.5 Å². The summed E-state index contributed by atoms with van der Waals surface area (Å²) in [5, 5.41) is 3.30. The van der Waals surface area contributed by atoms with Gasteiger partial charge < -0.3 is 15.8 Å². The van der Waals surface area contributed by atoms with E-state index in [0.29, 0.717) is 23.7 Å². The molecule has 0 aliphatic rings. The van der Waals surface area contributed by atoms with Crippen LogP contribution in [0.15, 0.2) is 30.5 Å². The van der Waals surface area contributed by atoms with Gasteiger partial charge in [-0.15, -0.1) is 23.7 Å². The first-order chi connectivity index (χ1) is 11.0. The van der Waals surface area contributed by atoms with Crippen molar-refractivity contribution in [2.75, 3.05) is 19.0 Å². The van der Waals surface area contributed by atoms with Gasteiger partial charge in [0.15, 0.2) is 5.13 Å². The predicted octanol–water partition coefficient (Wildman–Crippen LogP) is 2.48. The molecule has 1 atom stereocenters. The number of ether oxygens (including phenoxy) is 1. The number of carbonyl (C=O) groups is 2. The molecular weight excluding hydrogens is 350 g/mol. The number of nitrogens with zero attached hydrogens (tertiary/aromatic N) is 1.